The van der Waals surface area contributed by atoms with E-state index in [9.17, 15) is 8.78 Å². The van der Waals surface area contributed by atoms with Crippen LogP contribution in [0.15, 0.2) is 104 Å². The first-order chi connectivity index (χ1) is 17.5. The van der Waals surface area contributed by atoms with Gasteiger partial charge < -0.3 is 19.7 Å². The number of benzene rings is 3. The molecule has 0 aliphatic carbocycles. The third-order valence-corrected chi connectivity index (χ3v) is 5.12. The van der Waals surface area contributed by atoms with Gasteiger partial charge in [-0.1, -0.05) is 54.1 Å². The van der Waals surface area contributed by atoms with Gasteiger partial charge in [-0.15, -0.1) is 18.8 Å². The number of anilines is 3. The molecule has 4 nitrogen and oxygen atoms in total. The Kier molecular flexibility index (Phi) is 10.4. The fraction of sp³-hybridized carbons (Fsp3) is 0.0714. The predicted octanol–water partition coefficient (Wildman–Crippen LogP) is 7.18. The van der Waals surface area contributed by atoms with Crippen molar-refractivity contribution in [3.63, 3.8) is 0 Å². The molecule has 0 saturated carbocycles. The van der Waals surface area contributed by atoms with E-state index in [0.717, 1.165) is 17.8 Å². The van der Waals surface area contributed by atoms with Gasteiger partial charge >= 0.3 is 27.5 Å². The summed E-state index contributed by atoms with van der Waals surface area (Å²) >= 11 is 1.47. The van der Waals surface area contributed by atoms with Gasteiger partial charge in [-0.3, -0.25) is 8.78 Å². The summed E-state index contributed by atoms with van der Waals surface area (Å²) in [5, 5.41) is 0. The van der Waals surface area contributed by atoms with Crippen LogP contribution in [0.1, 0.15) is 0 Å². The van der Waals surface area contributed by atoms with Crippen LogP contribution in [0.25, 0.3) is 11.3 Å². The molecule has 0 unspecified atom stereocenters. The molecule has 0 radical (unpaired) electrons. The van der Waals surface area contributed by atoms with Gasteiger partial charge in [-0.2, -0.15) is 0 Å². The van der Waals surface area contributed by atoms with Gasteiger partial charge in [-0.25, -0.2) is 0 Å². The summed E-state index contributed by atoms with van der Waals surface area (Å²) in [6.07, 6.45) is 5.70. The maximum absolute atomic E-state index is 13.5. The van der Waals surface area contributed by atoms with E-state index in [1.54, 1.807) is 12.3 Å². The molecular formula is C28H24ClF2IrN4. The molecule has 0 atom stereocenters. The monoisotopic (exact) mass is 682 g/mol. The molecule has 5 rings (SSSR count). The summed E-state index contributed by atoms with van der Waals surface area (Å²) in [5.41, 5.74) is 3.85. The van der Waals surface area contributed by atoms with E-state index in [1.807, 2.05) is 61.5 Å². The Balaban J connectivity index is 0.000000188. The molecule has 0 amide bonds. The molecule has 0 N–H and O–H groups in total. The van der Waals surface area contributed by atoms with Crippen LogP contribution in [0, 0.1) is 24.4 Å². The molecule has 0 fully saturated rings. The third kappa shape index (κ3) is 7.37. The number of hydrogen-bond acceptors (Lipinski definition) is 4. The van der Waals surface area contributed by atoms with Crippen molar-refractivity contribution < 1.29 is 26.7 Å². The first-order valence-electron chi connectivity index (χ1n) is 10.8. The van der Waals surface area contributed by atoms with E-state index < -0.39 is 11.6 Å². The first kappa shape index (κ1) is 27.3. The summed E-state index contributed by atoms with van der Waals surface area (Å²) in [6, 6.07) is 28.6. The number of nitrogens with zero attached hydrogens (tertiary/aromatic N) is 4. The zero-order chi connectivity index (χ0) is 25.9. The molecule has 0 saturated heterocycles. The van der Waals surface area contributed by atoms with Crippen molar-refractivity contribution in [2.45, 2.75) is 0 Å². The summed E-state index contributed by atoms with van der Waals surface area (Å²) in [6.45, 7) is 2.07. The quantitative estimate of drug-likeness (QED) is 0.213. The molecule has 3 aromatic carbocycles. The van der Waals surface area contributed by atoms with Gasteiger partial charge in [-0.05, 0) is 48.4 Å². The molecule has 8 heteroatoms. The van der Waals surface area contributed by atoms with E-state index in [1.165, 1.54) is 29.3 Å². The fourth-order valence-electron chi connectivity index (χ4n) is 3.34. The molecular weight excluding hydrogens is 658 g/mol. The van der Waals surface area contributed by atoms with Crippen molar-refractivity contribution in [1.29, 1.82) is 0 Å². The van der Waals surface area contributed by atoms with Crippen molar-refractivity contribution in [2.75, 3.05) is 28.8 Å². The second-order valence-corrected chi connectivity index (χ2v) is 7.73. The van der Waals surface area contributed by atoms with Gasteiger partial charge in [0.25, 0.3) is 0 Å². The van der Waals surface area contributed by atoms with E-state index in [0.29, 0.717) is 5.69 Å². The summed E-state index contributed by atoms with van der Waals surface area (Å²) in [7, 11) is 8.40. The fourth-order valence-corrected chi connectivity index (χ4v) is 3.34. The van der Waals surface area contributed by atoms with E-state index in [4.69, 9.17) is 0 Å². The van der Waals surface area contributed by atoms with Crippen molar-refractivity contribution >= 4 is 26.6 Å². The van der Waals surface area contributed by atoms with Gasteiger partial charge in [0.05, 0.1) is 0 Å². The normalized spacial score (nSPS) is 11.8. The SMILES string of the molecule is C1=CN(c2ccccc2)[CH-]N1c1ccccc1.CN(C)c1ccnc(-c2[c-]cc(F)cc2F)c1.[Cl][Ir+2]. The zero-order valence-electron chi connectivity index (χ0n) is 19.6. The van der Waals surface area contributed by atoms with Crippen LogP contribution in [-0.2, 0) is 17.9 Å². The van der Waals surface area contributed by atoms with Gasteiger partial charge in [0.15, 0.2) is 0 Å². The van der Waals surface area contributed by atoms with Crippen LogP contribution in [-0.4, -0.2) is 19.1 Å². The summed E-state index contributed by atoms with van der Waals surface area (Å²) in [5.74, 6) is -1.30. The third-order valence-electron chi connectivity index (χ3n) is 5.12. The average Bonchev–Trinajstić information content (AvgIpc) is 3.42. The molecule has 1 aliphatic rings. The first-order valence-corrected chi connectivity index (χ1v) is 13.8. The zero-order valence-corrected chi connectivity index (χ0v) is 22.8. The minimum atomic E-state index is -0.659. The Morgan fingerprint density at radius 2 is 1.42 bits per heavy atom. The summed E-state index contributed by atoms with van der Waals surface area (Å²) in [4.78, 5) is 10.2. The number of rotatable bonds is 4. The van der Waals surface area contributed by atoms with Crippen LogP contribution in [0.3, 0.4) is 0 Å². The Morgan fingerprint density at radius 3 is 1.92 bits per heavy atom. The van der Waals surface area contributed by atoms with Crippen LogP contribution >= 0.6 is 9.58 Å². The molecule has 0 bridgehead atoms. The van der Waals surface area contributed by atoms with E-state index in [2.05, 4.69) is 73.8 Å². The van der Waals surface area contributed by atoms with Crippen molar-refractivity contribution in [2.24, 2.45) is 0 Å². The Bertz CT molecular complexity index is 1210. The Labute approximate surface area is 225 Å². The van der Waals surface area contributed by atoms with Gasteiger partial charge in [0.2, 0.25) is 0 Å². The minimum absolute atomic E-state index is 0.176. The van der Waals surface area contributed by atoms with Crippen molar-refractivity contribution in [3.05, 3.63) is 128 Å². The average molecular weight is 682 g/mol. The molecule has 4 aromatic rings. The van der Waals surface area contributed by atoms with Crippen molar-refractivity contribution in [1.82, 2.24) is 4.98 Å². The van der Waals surface area contributed by atoms with E-state index >= 15 is 0 Å². The van der Waals surface area contributed by atoms with E-state index in [-0.39, 0.29) is 5.56 Å². The van der Waals surface area contributed by atoms with Crippen molar-refractivity contribution in [3.8, 4) is 11.3 Å². The Morgan fingerprint density at radius 1 is 0.861 bits per heavy atom. The molecule has 0 spiro atoms. The van der Waals surface area contributed by atoms with Crippen LogP contribution in [0.4, 0.5) is 25.8 Å². The number of para-hydroxylation sites is 2. The van der Waals surface area contributed by atoms with Gasteiger partial charge in [0.1, 0.15) is 0 Å². The molecule has 36 heavy (non-hydrogen) atoms. The number of hydrogen-bond donors (Lipinski definition) is 0. The number of halogens is 3. The molecule has 1 aliphatic heterocycles. The summed E-state index contributed by atoms with van der Waals surface area (Å²) < 4.78 is 26.3. The van der Waals surface area contributed by atoms with Crippen LogP contribution < -0.4 is 14.7 Å². The molecule has 186 valence electrons. The second kappa shape index (κ2) is 13.7. The second-order valence-electron chi connectivity index (χ2n) is 7.73. The molecule has 2 heterocycles. The molecule has 1 aromatic heterocycles. The Hall–Kier alpha value is -3.25. The van der Waals surface area contributed by atoms with Gasteiger partial charge in [0, 0.05) is 49.0 Å². The maximum atomic E-state index is 13.5. The number of pyridine rings is 1. The standard InChI is InChI=1S/C15H13N2.C13H11F2N2.ClH.Ir/c1-3-7-14(8-4-1)16-11-12-17(13-16)15-9-5-2-6-10-15;1-17(2)10-5-6-16-13(8-10)11-4-3-9(14)7-12(11)15;;/h1-13H;3,5-8H,1-2H3;1H;/q2*-1;;+3/p-1. The van der Waals surface area contributed by atoms with Crippen LogP contribution in [0.2, 0.25) is 0 Å². The number of aromatic nitrogens is 1. The topological polar surface area (TPSA) is 22.6 Å². The predicted molar refractivity (Wildman–Crippen MR) is 140 cm³/mol. The van der Waals surface area contributed by atoms with Crippen LogP contribution in [0.5, 0.6) is 0 Å².